The number of hydrogen-bond donors (Lipinski definition) is 2. The summed E-state index contributed by atoms with van der Waals surface area (Å²) >= 11 is 12.1. The van der Waals surface area contributed by atoms with E-state index in [1.807, 2.05) is 18.2 Å². The summed E-state index contributed by atoms with van der Waals surface area (Å²) in [4.78, 5) is 12.3. The number of carbonyl (C=O) groups excluding carboxylic acids is 1. The van der Waals surface area contributed by atoms with Gasteiger partial charge in [0.25, 0.3) is 0 Å². The lowest BCUT2D eigenvalue weighted by atomic mass is 10.0. The number of ether oxygens (including phenoxy) is 1. The Hall–Kier alpha value is -1.91. The van der Waals surface area contributed by atoms with Crippen molar-refractivity contribution in [3.8, 4) is 11.5 Å². The number of amides is 1. The second kappa shape index (κ2) is 13.5. The summed E-state index contributed by atoms with van der Waals surface area (Å²) in [6.45, 7) is 4.18. The van der Waals surface area contributed by atoms with Crippen LogP contribution in [0.3, 0.4) is 0 Å². The van der Waals surface area contributed by atoms with Crippen LogP contribution >= 0.6 is 23.2 Å². The molecule has 0 spiro atoms. The van der Waals surface area contributed by atoms with Gasteiger partial charge in [0.15, 0.2) is 5.75 Å². The molecule has 0 saturated carbocycles. The first-order valence-corrected chi connectivity index (χ1v) is 11.9. The minimum absolute atomic E-state index is 0.137. The molecular formula is C25H33Cl2NO3. The van der Waals surface area contributed by atoms with Crippen LogP contribution in [0.5, 0.6) is 11.5 Å². The molecule has 6 heteroatoms. The van der Waals surface area contributed by atoms with Crippen molar-refractivity contribution in [2.75, 3.05) is 11.9 Å². The average molecular weight is 466 g/mol. The molecule has 0 radical (unpaired) electrons. The topological polar surface area (TPSA) is 58.6 Å². The molecule has 0 unspecified atom stereocenters. The van der Waals surface area contributed by atoms with Crippen molar-refractivity contribution >= 4 is 34.8 Å². The summed E-state index contributed by atoms with van der Waals surface area (Å²) in [6.07, 6.45) is 10.0. The van der Waals surface area contributed by atoms with Crippen LogP contribution in [-0.4, -0.2) is 17.6 Å². The maximum atomic E-state index is 12.3. The van der Waals surface area contributed by atoms with Crippen LogP contribution in [0.25, 0.3) is 0 Å². The van der Waals surface area contributed by atoms with Crippen LogP contribution in [0, 0.1) is 6.92 Å². The van der Waals surface area contributed by atoms with E-state index in [-0.39, 0.29) is 35.4 Å². The van der Waals surface area contributed by atoms with E-state index in [4.69, 9.17) is 27.9 Å². The van der Waals surface area contributed by atoms with Gasteiger partial charge in [-0.05, 0) is 43.0 Å². The maximum Gasteiger partial charge on any atom is 0.227 e. The molecule has 0 saturated heterocycles. The van der Waals surface area contributed by atoms with Crippen LogP contribution in [0.15, 0.2) is 30.3 Å². The van der Waals surface area contributed by atoms with Crippen molar-refractivity contribution in [3.05, 3.63) is 51.5 Å². The minimum Gasteiger partial charge on any atom is -0.504 e. The van der Waals surface area contributed by atoms with Gasteiger partial charge in [-0.3, -0.25) is 4.79 Å². The van der Waals surface area contributed by atoms with E-state index >= 15 is 0 Å². The van der Waals surface area contributed by atoms with Crippen molar-refractivity contribution in [1.29, 1.82) is 0 Å². The van der Waals surface area contributed by atoms with Gasteiger partial charge in [-0.25, -0.2) is 0 Å². The number of halogens is 2. The second-order valence-electron chi connectivity index (χ2n) is 7.82. The standard InChI is InChI=1S/C25H33Cl2NO3/c1-3-4-5-6-7-8-9-12-19-13-10-11-14-22(19)31-16-15-23(29)28-21-17-20(26)18(2)24(27)25(21)30/h10-11,13-14,17,30H,3-9,12,15-16H2,1-2H3,(H,28,29). The van der Waals surface area contributed by atoms with Crippen molar-refractivity contribution in [3.63, 3.8) is 0 Å². The van der Waals surface area contributed by atoms with Crippen LogP contribution in [0.4, 0.5) is 5.69 Å². The highest BCUT2D eigenvalue weighted by molar-refractivity contribution is 6.37. The zero-order chi connectivity index (χ0) is 22.6. The highest BCUT2D eigenvalue weighted by Crippen LogP contribution is 2.38. The molecule has 0 atom stereocenters. The Bertz CT molecular complexity index is 855. The number of aryl methyl sites for hydroxylation is 1. The monoisotopic (exact) mass is 465 g/mol. The predicted octanol–water partition coefficient (Wildman–Crippen LogP) is 7.71. The average Bonchev–Trinajstić information content (AvgIpc) is 2.76. The molecule has 0 aliphatic carbocycles. The molecule has 0 bridgehead atoms. The summed E-state index contributed by atoms with van der Waals surface area (Å²) in [6, 6.07) is 9.48. The van der Waals surface area contributed by atoms with Crippen LogP contribution in [0.2, 0.25) is 10.0 Å². The number of nitrogens with one attached hydrogen (secondary N) is 1. The molecule has 2 rings (SSSR count). The van der Waals surface area contributed by atoms with E-state index in [1.54, 1.807) is 6.92 Å². The molecule has 0 aliphatic rings. The molecule has 1 amide bonds. The zero-order valence-electron chi connectivity index (χ0n) is 18.5. The highest BCUT2D eigenvalue weighted by atomic mass is 35.5. The minimum atomic E-state index is -0.282. The first kappa shape index (κ1) is 25.4. The molecule has 0 fully saturated rings. The Labute approximate surface area is 195 Å². The smallest absolute Gasteiger partial charge is 0.227 e. The number of para-hydroxylation sites is 1. The quantitative estimate of drug-likeness (QED) is 0.235. The molecule has 0 aromatic heterocycles. The number of anilines is 1. The molecular weight excluding hydrogens is 433 g/mol. The van der Waals surface area contributed by atoms with Gasteiger partial charge in [0.2, 0.25) is 5.91 Å². The van der Waals surface area contributed by atoms with Crippen LogP contribution in [-0.2, 0) is 11.2 Å². The summed E-state index contributed by atoms with van der Waals surface area (Å²) in [5, 5.41) is 13.3. The third-order valence-electron chi connectivity index (χ3n) is 5.30. The summed E-state index contributed by atoms with van der Waals surface area (Å²) in [5.74, 6) is 0.360. The number of rotatable bonds is 13. The Morgan fingerprint density at radius 2 is 1.74 bits per heavy atom. The van der Waals surface area contributed by atoms with E-state index in [9.17, 15) is 9.90 Å². The summed E-state index contributed by atoms with van der Waals surface area (Å²) < 4.78 is 5.88. The van der Waals surface area contributed by atoms with Crippen LogP contribution in [0.1, 0.15) is 69.4 Å². The van der Waals surface area contributed by atoms with Gasteiger partial charge in [-0.1, -0.05) is 86.8 Å². The molecule has 31 heavy (non-hydrogen) atoms. The first-order valence-electron chi connectivity index (χ1n) is 11.1. The van der Waals surface area contributed by atoms with E-state index in [2.05, 4.69) is 18.3 Å². The molecule has 0 heterocycles. The Kier molecular flexibility index (Phi) is 11.0. The molecule has 2 N–H and O–H groups in total. The number of unbranched alkanes of at least 4 members (excludes halogenated alkanes) is 6. The number of aromatic hydroxyl groups is 1. The van der Waals surface area contributed by atoms with E-state index in [1.165, 1.54) is 50.2 Å². The van der Waals surface area contributed by atoms with Gasteiger partial charge in [0.05, 0.1) is 23.7 Å². The van der Waals surface area contributed by atoms with Crippen molar-refractivity contribution in [2.45, 2.75) is 71.6 Å². The van der Waals surface area contributed by atoms with Gasteiger partial charge in [-0.15, -0.1) is 0 Å². The second-order valence-corrected chi connectivity index (χ2v) is 8.60. The van der Waals surface area contributed by atoms with Crippen molar-refractivity contribution < 1.29 is 14.6 Å². The Morgan fingerprint density at radius 1 is 1.06 bits per heavy atom. The largest absolute Gasteiger partial charge is 0.504 e. The Balaban J connectivity index is 1.79. The van der Waals surface area contributed by atoms with Gasteiger partial charge in [-0.2, -0.15) is 0 Å². The lowest BCUT2D eigenvalue weighted by Gasteiger charge is -2.13. The fourth-order valence-corrected chi connectivity index (χ4v) is 3.84. The van der Waals surface area contributed by atoms with E-state index in [0.717, 1.165) is 18.6 Å². The lowest BCUT2D eigenvalue weighted by molar-refractivity contribution is -0.116. The van der Waals surface area contributed by atoms with E-state index < -0.39 is 0 Å². The SMILES string of the molecule is CCCCCCCCCc1ccccc1OCCC(=O)Nc1cc(Cl)c(C)c(Cl)c1O. The number of benzene rings is 2. The van der Waals surface area contributed by atoms with Crippen LogP contribution < -0.4 is 10.1 Å². The van der Waals surface area contributed by atoms with Gasteiger partial charge >= 0.3 is 0 Å². The Morgan fingerprint density at radius 3 is 2.48 bits per heavy atom. The lowest BCUT2D eigenvalue weighted by Crippen LogP contribution is -2.15. The normalized spacial score (nSPS) is 10.8. The fourth-order valence-electron chi connectivity index (χ4n) is 3.39. The third-order valence-corrected chi connectivity index (χ3v) is 6.16. The van der Waals surface area contributed by atoms with Gasteiger partial charge in [0, 0.05) is 5.02 Å². The molecule has 4 nitrogen and oxygen atoms in total. The third kappa shape index (κ3) is 8.27. The molecule has 0 aliphatic heterocycles. The number of phenolic OH excluding ortho intramolecular Hbond substituents is 1. The predicted molar refractivity (Wildman–Crippen MR) is 130 cm³/mol. The van der Waals surface area contributed by atoms with Gasteiger partial charge in [0.1, 0.15) is 5.75 Å². The van der Waals surface area contributed by atoms with Crippen molar-refractivity contribution in [2.24, 2.45) is 0 Å². The summed E-state index contributed by atoms with van der Waals surface area (Å²) in [5.41, 5.74) is 1.94. The fraction of sp³-hybridized carbons (Fsp3) is 0.480. The number of carbonyl (C=O) groups is 1. The maximum absolute atomic E-state index is 12.3. The number of hydrogen-bond acceptors (Lipinski definition) is 3. The first-order chi connectivity index (χ1) is 14.9. The number of phenols is 1. The van der Waals surface area contributed by atoms with Gasteiger partial charge < -0.3 is 15.2 Å². The zero-order valence-corrected chi connectivity index (χ0v) is 20.0. The molecule has 2 aromatic rings. The highest BCUT2D eigenvalue weighted by Gasteiger charge is 2.15. The van der Waals surface area contributed by atoms with Crippen molar-refractivity contribution in [1.82, 2.24) is 0 Å². The molecule has 2 aromatic carbocycles. The van der Waals surface area contributed by atoms with E-state index in [0.29, 0.717) is 10.6 Å². The summed E-state index contributed by atoms with van der Waals surface area (Å²) in [7, 11) is 0. The molecule has 170 valence electrons.